The Balaban J connectivity index is 1.72. The van der Waals surface area contributed by atoms with E-state index in [0.717, 1.165) is 28.1 Å². The Morgan fingerprint density at radius 1 is 1.09 bits per heavy atom. The summed E-state index contributed by atoms with van der Waals surface area (Å²) >= 11 is 0. The van der Waals surface area contributed by atoms with Crippen LogP contribution in [0.5, 0.6) is 0 Å². The molecule has 0 saturated carbocycles. The largest absolute Gasteiger partial charge is 0.260 e. The van der Waals surface area contributed by atoms with Crippen LogP contribution in [0.15, 0.2) is 52.4 Å². The zero-order valence-electron chi connectivity index (χ0n) is 12.5. The number of hydrogen-bond donors (Lipinski definition) is 0. The molecule has 0 N–H and O–H groups in total. The Bertz CT molecular complexity index is 933. The lowest BCUT2D eigenvalue weighted by Crippen LogP contribution is -2.04. The van der Waals surface area contributed by atoms with Gasteiger partial charge in [0, 0.05) is 18.2 Å². The molecule has 108 valence electrons. The van der Waals surface area contributed by atoms with Crippen LogP contribution in [0.25, 0.3) is 11.0 Å². The second-order valence-corrected chi connectivity index (χ2v) is 5.43. The Labute approximate surface area is 128 Å². The second-order valence-electron chi connectivity index (χ2n) is 5.43. The number of aromatic nitrogens is 3. The van der Waals surface area contributed by atoms with Crippen molar-refractivity contribution in [3.63, 3.8) is 0 Å². The number of amidine groups is 1. The Morgan fingerprint density at radius 3 is 2.82 bits per heavy atom. The second kappa shape index (κ2) is 4.87. The summed E-state index contributed by atoms with van der Waals surface area (Å²) in [6.07, 6.45) is 0. The number of nitrogens with zero attached hydrogens (tertiary/aromatic N) is 5. The van der Waals surface area contributed by atoms with Gasteiger partial charge in [-0.1, -0.05) is 29.5 Å². The number of rotatable bonds is 2. The molecule has 0 bridgehead atoms. The topological polar surface area (TPSA) is 55.4 Å². The van der Waals surface area contributed by atoms with Gasteiger partial charge in [-0.15, -0.1) is 5.10 Å². The van der Waals surface area contributed by atoms with Crippen LogP contribution in [0.2, 0.25) is 0 Å². The predicted molar refractivity (Wildman–Crippen MR) is 87.6 cm³/mol. The molecule has 22 heavy (non-hydrogen) atoms. The minimum absolute atomic E-state index is 0.624. The molecule has 0 radical (unpaired) electrons. The van der Waals surface area contributed by atoms with Crippen LogP contribution in [0.1, 0.15) is 16.7 Å². The van der Waals surface area contributed by atoms with E-state index >= 15 is 0 Å². The fourth-order valence-electron chi connectivity index (χ4n) is 2.73. The Kier molecular flexibility index (Phi) is 2.85. The first-order valence-corrected chi connectivity index (χ1v) is 7.20. The molecule has 5 nitrogen and oxygen atoms in total. The summed E-state index contributed by atoms with van der Waals surface area (Å²) in [5.41, 5.74) is 6.26. The molecule has 2 heterocycles. The lowest BCUT2D eigenvalue weighted by atomic mass is 10.0. The number of hydrogen-bond acceptors (Lipinski definition) is 4. The van der Waals surface area contributed by atoms with Gasteiger partial charge in [-0.3, -0.25) is 4.99 Å². The summed E-state index contributed by atoms with van der Waals surface area (Å²) in [6, 6.07) is 14.3. The maximum absolute atomic E-state index is 4.71. The third kappa shape index (κ3) is 2.02. The van der Waals surface area contributed by atoms with E-state index in [9.17, 15) is 0 Å². The lowest BCUT2D eigenvalue weighted by molar-refractivity contribution is 0.736. The summed E-state index contributed by atoms with van der Waals surface area (Å²) < 4.78 is 1.76. The van der Waals surface area contributed by atoms with E-state index in [2.05, 4.69) is 34.4 Å². The third-order valence-corrected chi connectivity index (χ3v) is 3.94. The molecule has 5 heteroatoms. The maximum atomic E-state index is 4.71. The maximum Gasteiger partial charge on any atom is 0.155 e. The van der Waals surface area contributed by atoms with E-state index in [-0.39, 0.29) is 0 Å². The van der Waals surface area contributed by atoms with Gasteiger partial charge >= 0.3 is 0 Å². The van der Waals surface area contributed by atoms with Crippen LogP contribution < -0.4 is 0 Å². The Hall–Kier alpha value is -2.82. The van der Waals surface area contributed by atoms with Crippen molar-refractivity contribution in [2.24, 2.45) is 17.0 Å². The highest BCUT2D eigenvalue weighted by molar-refractivity contribution is 6.18. The highest BCUT2D eigenvalue weighted by Gasteiger charge is 2.16. The normalized spacial score (nSPS) is 14.3. The van der Waals surface area contributed by atoms with Gasteiger partial charge in [0.15, 0.2) is 5.84 Å². The summed E-state index contributed by atoms with van der Waals surface area (Å²) in [5.74, 6) is 0.769. The van der Waals surface area contributed by atoms with Crippen molar-refractivity contribution >= 4 is 22.6 Å². The van der Waals surface area contributed by atoms with Crippen LogP contribution in [0, 0.1) is 6.92 Å². The van der Waals surface area contributed by atoms with Gasteiger partial charge in [0.1, 0.15) is 5.52 Å². The molecular formula is C17H15N5. The molecule has 3 aromatic rings. The number of aryl methyl sites for hydroxylation is 2. The summed E-state index contributed by atoms with van der Waals surface area (Å²) in [5, 5.41) is 8.18. The molecule has 1 aromatic heterocycles. The highest BCUT2D eigenvalue weighted by atomic mass is 15.4. The van der Waals surface area contributed by atoms with Crippen LogP contribution in [0.3, 0.4) is 0 Å². The van der Waals surface area contributed by atoms with Gasteiger partial charge in [0.25, 0.3) is 0 Å². The molecule has 0 fully saturated rings. The number of aliphatic imine (C=N–C) groups is 2. The first-order chi connectivity index (χ1) is 10.7. The molecule has 0 amide bonds. The summed E-state index contributed by atoms with van der Waals surface area (Å²) in [6.45, 7) is 2.72. The Morgan fingerprint density at radius 2 is 1.95 bits per heavy atom. The fraction of sp³-hybridized carbons (Fsp3) is 0.176. The van der Waals surface area contributed by atoms with E-state index in [1.807, 2.05) is 37.4 Å². The minimum atomic E-state index is 0.624. The molecular weight excluding hydrogens is 274 g/mol. The zero-order chi connectivity index (χ0) is 15.1. The highest BCUT2D eigenvalue weighted by Crippen LogP contribution is 2.18. The van der Waals surface area contributed by atoms with Crippen LogP contribution in [0.4, 0.5) is 0 Å². The number of benzene rings is 2. The monoisotopic (exact) mass is 289 g/mol. The molecule has 2 aromatic carbocycles. The van der Waals surface area contributed by atoms with Gasteiger partial charge < -0.3 is 0 Å². The first-order valence-electron chi connectivity index (χ1n) is 7.20. The summed E-state index contributed by atoms with van der Waals surface area (Å²) in [4.78, 5) is 9.29. The van der Waals surface area contributed by atoms with Crippen LogP contribution >= 0.6 is 0 Å². The average Bonchev–Trinajstić information content (AvgIpc) is 3.15. The van der Waals surface area contributed by atoms with Crippen molar-refractivity contribution in [3.8, 4) is 0 Å². The molecule has 0 unspecified atom stereocenters. The van der Waals surface area contributed by atoms with Crippen molar-refractivity contribution in [2.45, 2.75) is 6.92 Å². The lowest BCUT2D eigenvalue weighted by Gasteiger charge is -2.03. The van der Waals surface area contributed by atoms with E-state index in [1.165, 1.54) is 11.1 Å². The van der Waals surface area contributed by atoms with Crippen molar-refractivity contribution in [1.29, 1.82) is 0 Å². The molecule has 0 spiro atoms. The smallest absolute Gasteiger partial charge is 0.155 e. The minimum Gasteiger partial charge on any atom is -0.260 e. The van der Waals surface area contributed by atoms with E-state index in [0.29, 0.717) is 6.54 Å². The average molecular weight is 289 g/mol. The molecule has 0 saturated heterocycles. The van der Waals surface area contributed by atoms with Gasteiger partial charge in [-0.25, -0.2) is 9.67 Å². The van der Waals surface area contributed by atoms with E-state index in [4.69, 9.17) is 4.99 Å². The zero-order valence-corrected chi connectivity index (χ0v) is 12.5. The van der Waals surface area contributed by atoms with E-state index < -0.39 is 0 Å². The molecule has 0 aliphatic carbocycles. The molecule has 1 aliphatic heterocycles. The summed E-state index contributed by atoms with van der Waals surface area (Å²) in [7, 11) is 1.89. The van der Waals surface area contributed by atoms with Crippen molar-refractivity contribution in [2.75, 3.05) is 6.54 Å². The van der Waals surface area contributed by atoms with Gasteiger partial charge in [0.2, 0.25) is 0 Å². The van der Waals surface area contributed by atoms with Gasteiger partial charge in [-0.2, -0.15) is 0 Å². The first kappa shape index (κ1) is 12.9. The van der Waals surface area contributed by atoms with Crippen molar-refractivity contribution in [3.05, 3.63) is 59.2 Å². The van der Waals surface area contributed by atoms with Crippen molar-refractivity contribution < 1.29 is 0 Å². The molecule has 1 aliphatic rings. The van der Waals surface area contributed by atoms with Gasteiger partial charge in [-0.05, 0) is 30.7 Å². The standard InChI is InChI=1S/C17H15N5/c1-11-5-3-4-6-13(11)15-10-18-17(19-15)12-7-8-16-14(9-12)20-21-22(16)2/h3-9H,10H2,1-2H3. The van der Waals surface area contributed by atoms with Crippen molar-refractivity contribution in [1.82, 2.24) is 15.0 Å². The quantitative estimate of drug-likeness (QED) is 0.728. The van der Waals surface area contributed by atoms with Gasteiger partial charge in [0.05, 0.1) is 17.8 Å². The predicted octanol–water partition coefficient (Wildman–Crippen LogP) is 2.53. The SMILES string of the molecule is Cc1ccccc1C1=NC(c2ccc3c(c2)nnn3C)=NC1. The molecule has 4 rings (SSSR count). The molecule has 0 atom stereocenters. The van der Waals surface area contributed by atoms with Crippen LogP contribution in [-0.2, 0) is 7.05 Å². The van der Waals surface area contributed by atoms with Crippen LogP contribution in [-0.4, -0.2) is 33.1 Å². The fourth-order valence-corrected chi connectivity index (χ4v) is 2.73. The third-order valence-electron chi connectivity index (χ3n) is 3.94. The van der Waals surface area contributed by atoms with E-state index in [1.54, 1.807) is 4.68 Å². The number of fused-ring (bicyclic) bond motifs is 1.